The van der Waals surface area contributed by atoms with E-state index in [-0.39, 0.29) is 0 Å². The number of furan rings is 1. The van der Waals surface area contributed by atoms with Crippen molar-refractivity contribution in [3.8, 4) is 0 Å². The van der Waals surface area contributed by atoms with E-state index in [2.05, 4.69) is 24.3 Å². The third kappa shape index (κ3) is 2.40. The minimum Gasteiger partial charge on any atom is -0.464 e. The van der Waals surface area contributed by atoms with E-state index >= 15 is 0 Å². The topological polar surface area (TPSA) is 33.4 Å². The molecule has 0 aliphatic carbocycles. The van der Waals surface area contributed by atoms with Crippen LogP contribution < -0.4 is 0 Å². The van der Waals surface area contributed by atoms with Crippen molar-refractivity contribution in [3.05, 3.63) is 71.7 Å². The molecule has 0 aliphatic rings. The summed E-state index contributed by atoms with van der Waals surface area (Å²) in [4.78, 5) is 0. The van der Waals surface area contributed by atoms with Gasteiger partial charge in [-0.15, -0.1) is 0 Å². The Morgan fingerprint density at radius 3 is 2.58 bits per heavy atom. The molecule has 1 atom stereocenters. The maximum atomic E-state index is 10.3. The van der Waals surface area contributed by atoms with Crippen LogP contribution in [0.1, 0.15) is 23.2 Å². The third-order valence-electron chi connectivity index (χ3n) is 3.38. The lowest BCUT2D eigenvalue weighted by atomic mass is 9.99. The highest BCUT2D eigenvalue weighted by atomic mass is 16.4. The molecule has 0 radical (unpaired) electrons. The van der Waals surface area contributed by atoms with Crippen LogP contribution in [-0.4, -0.2) is 5.11 Å². The molecule has 0 spiro atoms. The number of benzene rings is 2. The van der Waals surface area contributed by atoms with Crippen LogP contribution in [0.3, 0.4) is 0 Å². The molecule has 0 saturated carbocycles. The Bertz CT molecular complexity index is 692. The molecule has 3 rings (SSSR count). The van der Waals surface area contributed by atoms with E-state index in [9.17, 15) is 5.11 Å². The minimum absolute atomic E-state index is 0.564. The largest absolute Gasteiger partial charge is 0.464 e. The van der Waals surface area contributed by atoms with Crippen molar-refractivity contribution in [2.75, 3.05) is 0 Å². The summed E-state index contributed by atoms with van der Waals surface area (Å²) in [6.45, 7) is 1.88. The predicted molar refractivity (Wildman–Crippen MR) is 76.1 cm³/mol. The lowest BCUT2D eigenvalue weighted by Crippen LogP contribution is -2.01. The summed E-state index contributed by atoms with van der Waals surface area (Å²) in [6.07, 6.45) is -0.0339. The van der Waals surface area contributed by atoms with Gasteiger partial charge in [-0.3, -0.25) is 0 Å². The van der Waals surface area contributed by atoms with Crippen LogP contribution in [0.5, 0.6) is 0 Å². The van der Waals surface area contributed by atoms with E-state index in [0.717, 1.165) is 11.3 Å². The molecular formula is C17H16O2. The van der Waals surface area contributed by atoms with E-state index in [0.29, 0.717) is 12.2 Å². The van der Waals surface area contributed by atoms with Gasteiger partial charge in [0.05, 0.1) is 0 Å². The molecule has 1 N–H and O–H groups in total. The van der Waals surface area contributed by atoms with E-state index in [1.54, 1.807) is 0 Å². The molecule has 3 aromatic rings. The van der Waals surface area contributed by atoms with Crippen molar-refractivity contribution in [1.29, 1.82) is 0 Å². The van der Waals surface area contributed by atoms with Crippen LogP contribution in [-0.2, 0) is 6.42 Å². The SMILES string of the molecule is Cc1ccc(C(O)Cc2cccc3ccccc23)o1. The summed E-state index contributed by atoms with van der Waals surface area (Å²) in [5.74, 6) is 1.46. The summed E-state index contributed by atoms with van der Waals surface area (Å²) >= 11 is 0. The van der Waals surface area contributed by atoms with Crippen LogP contribution in [0.4, 0.5) is 0 Å². The summed E-state index contributed by atoms with van der Waals surface area (Å²) in [5.41, 5.74) is 1.14. The Balaban J connectivity index is 1.93. The number of aryl methyl sites for hydroxylation is 1. The van der Waals surface area contributed by atoms with E-state index in [4.69, 9.17) is 4.42 Å². The van der Waals surface area contributed by atoms with Gasteiger partial charge in [0.2, 0.25) is 0 Å². The van der Waals surface area contributed by atoms with Gasteiger partial charge in [-0.25, -0.2) is 0 Å². The van der Waals surface area contributed by atoms with Crippen molar-refractivity contribution in [1.82, 2.24) is 0 Å². The molecule has 0 saturated heterocycles. The molecule has 19 heavy (non-hydrogen) atoms. The summed E-state index contributed by atoms with van der Waals surface area (Å²) in [5, 5.41) is 12.6. The van der Waals surface area contributed by atoms with Gasteiger partial charge in [0.15, 0.2) is 0 Å². The van der Waals surface area contributed by atoms with Crippen molar-refractivity contribution >= 4 is 10.8 Å². The molecule has 0 aliphatic heterocycles. The number of hydrogen-bond acceptors (Lipinski definition) is 2. The first-order valence-electron chi connectivity index (χ1n) is 6.45. The number of rotatable bonds is 3. The summed E-state index contributed by atoms with van der Waals surface area (Å²) < 4.78 is 5.48. The van der Waals surface area contributed by atoms with Gasteiger partial charge < -0.3 is 9.52 Å². The fourth-order valence-corrected chi connectivity index (χ4v) is 2.41. The quantitative estimate of drug-likeness (QED) is 0.763. The highest BCUT2D eigenvalue weighted by molar-refractivity contribution is 5.85. The lowest BCUT2D eigenvalue weighted by Gasteiger charge is -2.10. The number of hydrogen-bond donors (Lipinski definition) is 1. The first kappa shape index (κ1) is 12.0. The molecule has 96 valence electrons. The molecule has 0 bridgehead atoms. The zero-order chi connectivity index (χ0) is 13.2. The first-order valence-corrected chi connectivity index (χ1v) is 6.45. The van der Waals surface area contributed by atoms with Crippen LogP contribution >= 0.6 is 0 Å². The van der Waals surface area contributed by atoms with Crippen LogP contribution in [0.2, 0.25) is 0 Å². The Morgan fingerprint density at radius 2 is 1.79 bits per heavy atom. The molecule has 0 fully saturated rings. The summed E-state index contributed by atoms with van der Waals surface area (Å²) in [7, 11) is 0. The van der Waals surface area contributed by atoms with Gasteiger partial charge in [0.1, 0.15) is 17.6 Å². The lowest BCUT2D eigenvalue weighted by molar-refractivity contribution is 0.149. The maximum absolute atomic E-state index is 10.3. The molecule has 2 heteroatoms. The molecule has 2 nitrogen and oxygen atoms in total. The first-order chi connectivity index (χ1) is 9.24. The highest BCUT2D eigenvalue weighted by Crippen LogP contribution is 2.25. The minimum atomic E-state index is -0.598. The number of aliphatic hydroxyl groups excluding tert-OH is 1. The smallest absolute Gasteiger partial charge is 0.132 e. The molecule has 1 unspecified atom stereocenters. The van der Waals surface area contributed by atoms with Crippen LogP contribution in [0, 0.1) is 6.92 Å². The molecular weight excluding hydrogens is 236 g/mol. The predicted octanol–water partition coefficient (Wildman–Crippen LogP) is 4.02. The zero-order valence-corrected chi connectivity index (χ0v) is 10.8. The second-order valence-corrected chi connectivity index (χ2v) is 4.81. The van der Waals surface area contributed by atoms with Gasteiger partial charge in [0, 0.05) is 6.42 Å². The van der Waals surface area contributed by atoms with Gasteiger partial charge >= 0.3 is 0 Å². The average molecular weight is 252 g/mol. The number of aliphatic hydroxyl groups is 1. The molecule has 0 amide bonds. The zero-order valence-electron chi connectivity index (χ0n) is 10.8. The Morgan fingerprint density at radius 1 is 1.00 bits per heavy atom. The standard InChI is InChI=1S/C17H16O2/c1-12-9-10-17(19-12)16(18)11-14-7-4-6-13-5-2-3-8-15(13)14/h2-10,16,18H,11H2,1H3. The fraction of sp³-hybridized carbons (Fsp3) is 0.176. The third-order valence-corrected chi connectivity index (χ3v) is 3.38. The van der Waals surface area contributed by atoms with E-state index in [1.165, 1.54) is 10.8 Å². The Hall–Kier alpha value is -2.06. The van der Waals surface area contributed by atoms with E-state index < -0.39 is 6.10 Å². The van der Waals surface area contributed by atoms with Gasteiger partial charge in [-0.1, -0.05) is 42.5 Å². The van der Waals surface area contributed by atoms with Crippen molar-refractivity contribution in [3.63, 3.8) is 0 Å². The Kier molecular flexibility index (Phi) is 3.10. The normalized spacial score (nSPS) is 12.7. The summed E-state index contributed by atoms with van der Waals surface area (Å²) in [6, 6.07) is 18.1. The maximum Gasteiger partial charge on any atom is 0.132 e. The average Bonchev–Trinajstić information content (AvgIpc) is 2.86. The van der Waals surface area contributed by atoms with Crippen molar-refractivity contribution in [2.24, 2.45) is 0 Å². The van der Waals surface area contributed by atoms with Gasteiger partial charge in [0.25, 0.3) is 0 Å². The van der Waals surface area contributed by atoms with Gasteiger partial charge in [-0.2, -0.15) is 0 Å². The Labute approximate surface area is 112 Å². The molecule has 1 heterocycles. The molecule has 1 aromatic heterocycles. The second kappa shape index (κ2) is 4.90. The van der Waals surface area contributed by atoms with Crippen molar-refractivity contribution in [2.45, 2.75) is 19.4 Å². The monoisotopic (exact) mass is 252 g/mol. The van der Waals surface area contributed by atoms with Crippen LogP contribution in [0.15, 0.2) is 59.0 Å². The van der Waals surface area contributed by atoms with E-state index in [1.807, 2.05) is 37.3 Å². The fourth-order valence-electron chi connectivity index (χ4n) is 2.41. The van der Waals surface area contributed by atoms with Crippen molar-refractivity contribution < 1.29 is 9.52 Å². The number of fused-ring (bicyclic) bond motifs is 1. The highest BCUT2D eigenvalue weighted by Gasteiger charge is 2.13. The van der Waals surface area contributed by atoms with Crippen LogP contribution in [0.25, 0.3) is 10.8 Å². The van der Waals surface area contributed by atoms with Gasteiger partial charge in [-0.05, 0) is 35.4 Å². The second-order valence-electron chi connectivity index (χ2n) is 4.81. The molecule has 2 aromatic carbocycles.